The third-order valence-corrected chi connectivity index (χ3v) is 3.27. The van der Waals surface area contributed by atoms with Crippen LogP contribution in [0.15, 0.2) is 36.5 Å². The molecular formula is C15H17ClN2O. The van der Waals surface area contributed by atoms with Crippen LogP contribution in [-0.2, 0) is 6.42 Å². The van der Waals surface area contributed by atoms with Crippen LogP contribution in [0.1, 0.15) is 31.0 Å². The van der Waals surface area contributed by atoms with Crippen molar-refractivity contribution in [2.24, 2.45) is 5.73 Å². The minimum Gasteiger partial charge on any atom is -0.439 e. The smallest absolute Gasteiger partial charge is 0.219 e. The molecule has 0 bridgehead atoms. The molecular weight excluding hydrogens is 260 g/mol. The maximum Gasteiger partial charge on any atom is 0.219 e. The summed E-state index contributed by atoms with van der Waals surface area (Å²) in [5, 5.41) is 0.757. The van der Waals surface area contributed by atoms with E-state index in [1.165, 1.54) is 0 Å². The van der Waals surface area contributed by atoms with Crippen LogP contribution in [0.3, 0.4) is 0 Å². The number of hydrogen-bond donors (Lipinski definition) is 1. The lowest BCUT2D eigenvalue weighted by atomic mass is 10.1. The Hall–Kier alpha value is -1.58. The highest BCUT2D eigenvalue weighted by Crippen LogP contribution is 2.26. The van der Waals surface area contributed by atoms with Crippen molar-refractivity contribution in [1.29, 1.82) is 0 Å². The van der Waals surface area contributed by atoms with Gasteiger partial charge >= 0.3 is 0 Å². The Bertz CT molecular complexity index is 570. The Balaban J connectivity index is 2.23. The van der Waals surface area contributed by atoms with Gasteiger partial charge in [0, 0.05) is 23.3 Å². The number of nitrogens with zero attached hydrogens (tertiary/aromatic N) is 1. The number of hydrogen-bond acceptors (Lipinski definition) is 3. The molecule has 0 saturated carbocycles. The zero-order valence-corrected chi connectivity index (χ0v) is 11.8. The van der Waals surface area contributed by atoms with Gasteiger partial charge in [0.1, 0.15) is 5.75 Å². The number of pyridine rings is 1. The molecule has 100 valence electrons. The fourth-order valence-corrected chi connectivity index (χ4v) is 2.02. The Morgan fingerprint density at radius 2 is 2.11 bits per heavy atom. The van der Waals surface area contributed by atoms with Gasteiger partial charge < -0.3 is 10.5 Å². The van der Waals surface area contributed by atoms with Crippen LogP contribution in [0.5, 0.6) is 11.6 Å². The number of nitrogens with two attached hydrogens (primary N) is 1. The SMILES string of the molecule is CCc1cc(Oc2cc([C@H](C)N)ccn2)ccc1Cl. The van der Waals surface area contributed by atoms with Gasteiger partial charge in [-0.2, -0.15) is 0 Å². The molecule has 1 aromatic carbocycles. The van der Waals surface area contributed by atoms with Crippen molar-refractivity contribution in [2.75, 3.05) is 0 Å². The first-order valence-corrected chi connectivity index (χ1v) is 6.65. The average molecular weight is 277 g/mol. The lowest BCUT2D eigenvalue weighted by molar-refractivity contribution is 0.461. The van der Waals surface area contributed by atoms with E-state index in [-0.39, 0.29) is 6.04 Å². The zero-order chi connectivity index (χ0) is 13.8. The predicted molar refractivity (Wildman–Crippen MR) is 77.7 cm³/mol. The monoisotopic (exact) mass is 276 g/mol. The van der Waals surface area contributed by atoms with E-state index in [9.17, 15) is 0 Å². The first-order valence-electron chi connectivity index (χ1n) is 6.28. The van der Waals surface area contributed by atoms with Gasteiger partial charge in [-0.3, -0.25) is 0 Å². The first-order chi connectivity index (χ1) is 9.10. The molecule has 0 fully saturated rings. The molecule has 0 radical (unpaired) electrons. The second-order valence-electron chi connectivity index (χ2n) is 4.42. The summed E-state index contributed by atoms with van der Waals surface area (Å²) < 4.78 is 5.74. The van der Waals surface area contributed by atoms with Crippen molar-refractivity contribution < 1.29 is 4.74 Å². The highest BCUT2D eigenvalue weighted by Gasteiger charge is 2.05. The van der Waals surface area contributed by atoms with Crippen molar-refractivity contribution in [3.63, 3.8) is 0 Å². The van der Waals surface area contributed by atoms with Crippen molar-refractivity contribution >= 4 is 11.6 Å². The van der Waals surface area contributed by atoms with E-state index in [0.29, 0.717) is 5.88 Å². The Labute approximate surface area is 118 Å². The summed E-state index contributed by atoms with van der Waals surface area (Å²) in [5.41, 5.74) is 7.89. The number of aryl methyl sites for hydroxylation is 1. The van der Waals surface area contributed by atoms with Crippen molar-refractivity contribution in [3.05, 3.63) is 52.7 Å². The van der Waals surface area contributed by atoms with Crippen LogP contribution in [-0.4, -0.2) is 4.98 Å². The third-order valence-electron chi connectivity index (χ3n) is 2.91. The number of ether oxygens (including phenoxy) is 1. The minimum atomic E-state index is -0.0400. The van der Waals surface area contributed by atoms with Crippen LogP contribution in [0, 0.1) is 0 Å². The van der Waals surface area contributed by atoms with E-state index < -0.39 is 0 Å². The molecule has 3 nitrogen and oxygen atoms in total. The molecule has 0 aliphatic heterocycles. The van der Waals surface area contributed by atoms with Crippen molar-refractivity contribution in [1.82, 2.24) is 4.98 Å². The van der Waals surface area contributed by atoms with Crippen LogP contribution in [0.25, 0.3) is 0 Å². The Kier molecular flexibility index (Phi) is 4.40. The number of halogens is 1. The lowest BCUT2D eigenvalue weighted by Crippen LogP contribution is -2.05. The van der Waals surface area contributed by atoms with Crippen LogP contribution >= 0.6 is 11.6 Å². The van der Waals surface area contributed by atoms with Gasteiger partial charge in [-0.05, 0) is 48.7 Å². The van der Waals surface area contributed by atoms with Crippen LogP contribution in [0.2, 0.25) is 5.02 Å². The summed E-state index contributed by atoms with van der Waals surface area (Å²) in [6, 6.07) is 9.30. The van der Waals surface area contributed by atoms with Crippen LogP contribution < -0.4 is 10.5 Å². The van der Waals surface area contributed by atoms with E-state index in [1.54, 1.807) is 6.20 Å². The van der Waals surface area contributed by atoms with Crippen molar-refractivity contribution in [3.8, 4) is 11.6 Å². The Morgan fingerprint density at radius 1 is 1.32 bits per heavy atom. The predicted octanol–water partition coefficient (Wildman–Crippen LogP) is 4.11. The molecule has 2 N–H and O–H groups in total. The van der Waals surface area contributed by atoms with E-state index in [4.69, 9.17) is 22.1 Å². The van der Waals surface area contributed by atoms with Gasteiger partial charge in [0.05, 0.1) is 0 Å². The molecule has 0 aliphatic carbocycles. The van der Waals surface area contributed by atoms with Gasteiger partial charge in [-0.25, -0.2) is 4.98 Å². The highest BCUT2D eigenvalue weighted by molar-refractivity contribution is 6.31. The molecule has 1 aromatic heterocycles. The van der Waals surface area contributed by atoms with Crippen molar-refractivity contribution in [2.45, 2.75) is 26.3 Å². The van der Waals surface area contributed by atoms with E-state index >= 15 is 0 Å². The Morgan fingerprint density at radius 3 is 2.79 bits per heavy atom. The van der Waals surface area contributed by atoms with Gasteiger partial charge in [0.15, 0.2) is 0 Å². The number of benzene rings is 1. The maximum absolute atomic E-state index is 6.08. The molecule has 19 heavy (non-hydrogen) atoms. The molecule has 0 saturated heterocycles. The second kappa shape index (κ2) is 6.04. The van der Waals surface area contributed by atoms with E-state index in [2.05, 4.69) is 11.9 Å². The molecule has 2 aromatic rings. The van der Waals surface area contributed by atoms with Crippen LogP contribution in [0.4, 0.5) is 0 Å². The molecule has 0 aliphatic rings. The largest absolute Gasteiger partial charge is 0.439 e. The summed E-state index contributed by atoms with van der Waals surface area (Å²) in [5.74, 6) is 1.27. The first kappa shape index (κ1) is 13.8. The quantitative estimate of drug-likeness (QED) is 0.914. The van der Waals surface area contributed by atoms with E-state index in [1.807, 2.05) is 37.3 Å². The summed E-state index contributed by atoms with van der Waals surface area (Å²) >= 11 is 6.08. The molecule has 4 heteroatoms. The third kappa shape index (κ3) is 3.46. The zero-order valence-electron chi connectivity index (χ0n) is 11.1. The topological polar surface area (TPSA) is 48.1 Å². The molecule has 0 amide bonds. The molecule has 2 rings (SSSR count). The lowest BCUT2D eigenvalue weighted by Gasteiger charge is -2.10. The normalized spacial score (nSPS) is 12.2. The second-order valence-corrected chi connectivity index (χ2v) is 4.83. The van der Waals surface area contributed by atoms with E-state index in [0.717, 1.165) is 28.3 Å². The van der Waals surface area contributed by atoms with Gasteiger partial charge in [0.2, 0.25) is 5.88 Å². The standard InChI is InChI=1S/C15H17ClN2O/c1-3-11-8-13(4-5-14(11)16)19-15-9-12(10(2)17)6-7-18-15/h4-10H,3,17H2,1-2H3/t10-/m0/s1. The van der Waals surface area contributed by atoms with Gasteiger partial charge in [-0.15, -0.1) is 0 Å². The summed E-state index contributed by atoms with van der Waals surface area (Å²) in [6.07, 6.45) is 2.56. The summed E-state index contributed by atoms with van der Waals surface area (Å²) in [4.78, 5) is 4.18. The minimum absolute atomic E-state index is 0.0400. The highest BCUT2D eigenvalue weighted by atomic mass is 35.5. The molecule has 1 atom stereocenters. The number of aromatic nitrogens is 1. The molecule has 0 unspecified atom stereocenters. The molecule has 0 spiro atoms. The summed E-state index contributed by atoms with van der Waals surface area (Å²) in [6.45, 7) is 3.98. The maximum atomic E-state index is 6.08. The summed E-state index contributed by atoms with van der Waals surface area (Å²) in [7, 11) is 0. The molecule has 1 heterocycles. The average Bonchev–Trinajstić information content (AvgIpc) is 2.41. The van der Waals surface area contributed by atoms with Gasteiger partial charge in [-0.1, -0.05) is 18.5 Å². The fourth-order valence-electron chi connectivity index (χ4n) is 1.77. The fraction of sp³-hybridized carbons (Fsp3) is 0.267. The van der Waals surface area contributed by atoms with Gasteiger partial charge in [0.25, 0.3) is 0 Å². The number of rotatable bonds is 4.